The fraction of sp³-hybridized carbons (Fsp3) is 0. The molecule has 72 valence electrons. The fourth-order valence-electron chi connectivity index (χ4n) is 1.21. The molecule has 0 aliphatic heterocycles. The third kappa shape index (κ3) is 1.35. The van der Waals surface area contributed by atoms with E-state index < -0.39 is 5.69 Å². The summed E-state index contributed by atoms with van der Waals surface area (Å²) in [5, 5.41) is 18.3. The zero-order valence-corrected chi connectivity index (χ0v) is 7.11. The second kappa shape index (κ2) is 2.95. The molecule has 0 aliphatic carbocycles. The van der Waals surface area contributed by atoms with E-state index in [-0.39, 0.29) is 11.6 Å². The Morgan fingerprint density at radius 3 is 2.14 bits per heavy atom. The summed E-state index contributed by atoms with van der Waals surface area (Å²) in [4.78, 5) is 15.5. The van der Waals surface area contributed by atoms with Gasteiger partial charge >= 0.3 is 5.69 Å². The van der Waals surface area contributed by atoms with Crippen molar-refractivity contribution in [3.05, 3.63) is 34.7 Å². The Kier molecular flexibility index (Phi) is 1.78. The van der Waals surface area contributed by atoms with E-state index in [4.69, 9.17) is 5.11 Å². The van der Waals surface area contributed by atoms with Gasteiger partial charge < -0.3 is 15.2 Å². The van der Waals surface area contributed by atoms with Crippen LogP contribution < -0.4 is 5.69 Å². The highest BCUT2D eigenvalue weighted by atomic mass is 16.3. The first-order valence-corrected chi connectivity index (χ1v) is 3.97. The molecule has 1 aromatic heterocycles. The molecule has 14 heavy (non-hydrogen) atoms. The Hall–Kier alpha value is -2.17. The molecule has 5 nitrogen and oxygen atoms in total. The van der Waals surface area contributed by atoms with Crippen LogP contribution in [-0.2, 0) is 0 Å². The lowest BCUT2D eigenvalue weighted by Gasteiger charge is -1.97. The minimum Gasteiger partial charge on any atom is -0.508 e. The number of aromatic amines is 2. The second-order valence-corrected chi connectivity index (χ2v) is 2.85. The first-order valence-electron chi connectivity index (χ1n) is 3.97. The molecule has 0 fully saturated rings. The van der Waals surface area contributed by atoms with Crippen LogP contribution in [0, 0.1) is 0 Å². The van der Waals surface area contributed by atoms with E-state index in [0.717, 1.165) is 0 Å². The van der Waals surface area contributed by atoms with E-state index in [0.29, 0.717) is 11.3 Å². The third-order valence-corrected chi connectivity index (χ3v) is 1.86. The Labute approximate surface area is 78.7 Å². The maximum absolute atomic E-state index is 10.8. The summed E-state index contributed by atoms with van der Waals surface area (Å²) in [5.74, 6) is -0.0770. The highest BCUT2D eigenvalue weighted by molar-refractivity contribution is 5.64. The Bertz CT molecular complexity index is 496. The van der Waals surface area contributed by atoms with Crippen molar-refractivity contribution in [3.8, 4) is 22.9 Å². The first-order chi connectivity index (χ1) is 6.66. The molecule has 2 rings (SSSR count). The molecule has 1 aromatic carbocycles. The minimum absolute atomic E-state index is 0.131. The van der Waals surface area contributed by atoms with Gasteiger partial charge in [-0.2, -0.15) is 0 Å². The predicted molar refractivity (Wildman–Crippen MR) is 50.2 cm³/mol. The van der Waals surface area contributed by atoms with Gasteiger partial charge in [-0.3, -0.25) is 4.98 Å². The summed E-state index contributed by atoms with van der Waals surface area (Å²) in [5.41, 5.74) is 0.472. The lowest BCUT2D eigenvalue weighted by atomic mass is 10.1. The van der Waals surface area contributed by atoms with E-state index in [9.17, 15) is 9.90 Å². The maximum Gasteiger partial charge on any atom is 0.326 e. The molecule has 2 aromatic rings. The van der Waals surface area contributed by atoms with Gasteiger partial charge in [-0.1, -0.05) is 0 Å². The van der Waals surface area contributed by atoms with Gasteiger partial charge in [0.15, 0.2) is 0 Å². The standard InChI is InChI=1S/C9H8N2O3/c12-6-3-1-5(2-4-6)7-8(13)11-9(14)10-7/h1-4,12-13H,(H2,10,11,14). The number of benzene rings is 1. The molecule has 0 unspecified atom stereocenters. The van der Waals surface area contributed by atoms with Gasteiger partial charge in [0, 0.05) is 5.56 Å². The summed E-state index contributed by atoms with van der Waals surface area (Å²) in [7, 11) is 0. The number of phenolic OH excluding ortho intramolecular Hbond substituents is 1. The number of hydrogen-bond donors (Lipinski definition) is 4. The normalized spacial score (nSPS) is 10.3. The number of rotatable bonds is 1. The summed E-state index contributed by atoms with van der Waals surface area (Å²) < 4.78 is 0. The zero-order valence-electron chi connectivity index (χ0n) is 7.11. The Morgan fingerprint density at radius 2 is 1.64 bits per heavy atom. The summed E-state index contributed by atoms with van der Waals surface area (Å²) in [6.07, 6.45) is 0. The number of imidazole rings is 1. The van der Waals surface area contributed by atoms with E-state index in [1.54, 1.807) is 12.1 Å². The van der Waals surface area contributed by atoms with Crippen LogP contribution in [-0.4, -0.2) is 20.2 Å². The lowest BCUT2D eigenvalue weighted by Crippen LogP contribution is -1.99. The fourth-order valence-corrected chi connectivity index (χ4v) is 1.21. The van der Waals surface area contributed by atoms with E-state index in [1.165, 1.54) is 12.1 Å². The smallest absolute Gasteiger partial charge is 0.326 e. The molecule has 0 spiro atoms. The van der Waals surface area contributed by atoms with Gasteiger partial charge in [-0.25, -0.2) is 4.79 Å². The van der Waals surface area contributed by atoms with Crippen LogP contribution in [0.15, 0.2) is 29.1 Å². The first kappa shape index (κ1) is 8.43. The molecule has 4 N–H and O–H groups in total. The second-order valence-electron chi connectivity index (χ2n) is 2.85. The van der Waals surface area contributed by atoms with Crippen molar-refractivity contribution < 1.29 is 10.2 Å². The summed E-state index contributed by atoms with van der Waals surface area (Å²) >= 11 is 0. The maximum atomic E-state index is 10.8. The van der Waals surface area contributed by atoms with Crippen molar-refractivity contribution in [2.24, 2.45) is 0 Å². The van der Waals surface area contributed by atoms with Crippen LogP contribution in [0.3, 0.4) is 0 Å². The Morgan fingerprint density at radius 1 is 1.00 bits per heavy atom. The van der Waals surface area contributed by atoms with Gasteiger partial charge in [-0.05, 0) is 24.3 Å². The van der Waals surface area contributed by atoms with Gasteiger partial charge in [0.25, 0.3) is 0 Å². The number of aromatic hydroxyl groups is 2. The summed E-state index contributed by atoms with van der Waals surface area (Å²) in [6, 6.07) is 6.13. The molecule has 0 atom stereocenters. The van der Waals surface area contributed by atoms with Crippen LogP contribution in [0.25, 0.3) is 11.3 Å². The molecule has 0 amide bonds. The van der Waals surface area contributed by atoms with Crippen molar-refractivity contribution in [1.29, 1.82) is 0 Å². The number of phenols is 1. The molecule has 0 saturated heterocycles. The molecular formula is C9H8N2O3. The van der Waals surface area contributed by atoms with Crippen LogP contribution in [0.4, 0.5) is 0 Å². The molecular weight excluding hydrogens is 184 g/mol. The Balaban J connectivity index is 2.54. The molecule has 0 bridgehead atoms. The monoisotopic (exact) mass is 192 g/mol. The number of nitrogens with one attached hydrogen (secondary N) is 2. The molecule has 1 heterocycles. The number of hydrogen-bond acceptors (Lipinski definition) is 3. The van der Waals surface area contributed by atoms with Gasteiger partial charge in [0.05, 0.1) is 0 Å². The molecule has 0 aliphatic rings. The highest BCUT2D eigenvalue weighted by Crippen LogP contribution is 2.24. The van der Waals surface area contributed by atoms with Crippen molar-refractivity contribution in [3.63, 3.8) is 0 Å². The van der Waals surface area contributed by atoms with E-state index in [1.807, 2.05) is 0 Å². The van der Waals surface area contributed by atoms with Crippen molar-refractivity contribution in [1.82, 2.24) is 9.97 Å². The zero-order chi connectivity index (χ0) is 10.1. The number of aromatic nitrogens is 2. The molecule has 0 radical (unpaired) electrons. The average molecular weight is 192 g/mol. The van der Waals surface area contributed by atoms with Gasteiger partial charge in [0.2, 0.25) is 5.88 Å². The topological polar surface area (TPSA) is 89.1 Å². The van der Waals surface area contributed by atoms with E-state index >= 15 is 0 Å². The highest BCUT2D eigenvalue weighted by Gasteiger charge is 2.07. The van der Waals surface area contributed by atoms with Crippen LogP contribution in [0.2, 0.25) is 0 Å². The van der Waals surface area contributed by atoms with E-state index in [2.05, 4.69) is 9.97 Å². The average Bonchev–Trinajstić information content (AvgIpc) is 2.47. The van der Waals surface area contributed by atoms with Crippen LogP contribution in [0.5, 0.6) is 11.6 Å². The molecule has 5 heteroatoms. The SMILES string of the molecule is O=c1[nH]c(O)c(-c2ccc(O)cc2)[nH]1. The van der Waals surface area contributed by atoms with Crippen LogP contribution >= 0.6 is 0 Å². The largest absolute Gasteiger partial charge is 0.508 e. The van der Waals surface area contributed by atoms with Gasteiger partial charge in [0.1, 0.15) is 11.4 Å². The minimum atomic E-state index is -0.467. The van der Waals surface area contributed by atoms with Gasteiger partial charge in [-0.15, -0.1) is 0 Å². The molecule has 0 saturated carbocycles. The lowest BCUT2D eigenvalue weighted by molar-refractivity contribution is 0.457. The summed E-state index contributed by atoms with van der Waals surface area (Å²) in [6.45, 7) is 0. The van der Waals surface area contributed by atoms with Crippen LogP contribution in [0.1, 0.15) is 0 Å². The third-order valence-electron chi connectivity index (χ3n) is 1.86. The quantitative estimate of drug-likeness (QED) is 0.538. The van der Waals surface area contributed by atoms with Crippen molar-refractivity contribution in [2.45, 2.75) is 0 Å². The van der Waals surface area contributed by atoms with Crippen molar-refractivity contribution >= 4 is 0 Å². The van der Waals surface area contributed by atoms with Crippen molar-refractivity contribution in [2.75, 3.05) is 0 Å². The number of H-pyrrole nitrogens is 2. The predicted octanol–water partition coefficient (Wildman–Crippen LogP) is 0.781.